The Hall–Kier alpha value is -5.65. The number of amides is 3. The van der Waals surface area contributed by atoms with Gasteiger partial charge in [-0.2, -0.15) is 0 Å². The SMILES string of the molecule is COc1ccc(CNC(=O)NCc2ccc(CNC(=O)Cc3cccc(C[C@@H](C)NC[C@H](O)c4ccc(-n5c(C)ccc5C)nc4)c3)cc2)cc1OC. The number of ether oxygens (including phenoxy) is 2. The maximum Gasteiger partial charge on any atom is 0.315 e. The topological polar surface area (TPSA) is 139 Å². The van der Waals surface area contributed by atoms with Crippen LogP contribution in [-0.4, -0.2) is 53.4 Å². The lowest BCUT2D eigenvalue weighted by Gasteiger charge is -2.18. The summed E-state index contributed by atoms with van der Waals surface area (Å²) in [4.78, 5) is 29.7. The first kappa shape index (κ1) is 38.6. The minimum atomic E-state index is -0.678. The summed E-state index contributed by atoms with van der Waals surface area (Å²) < 4.78 is 12.7. The molecule has 0 bridgehead atoms. The molecule has 2 aromatic heterocycles. The Kier molecular flexibility index (Phi) is 13.6. The normalized spacial score (nSPS) is 12.1. The average Bonchev–Trinajstić information content (AvgIpc) is 3.51. The number of nitrogens with zero attached hydrogens (tertiary/aromatic N) is 2. The quantitative estimate of drug-likeness (QED) is 0.0842. The zero-order chi connectivity index (χ0) is 37.7. The number of nitrogens with one attached hydrogen (secondary N) is 4. The third kappa shape index (κ3) is 11.2. The van der Waals surface area contributed by atoms with E-state index >= 15 is 0 Å². The van der Waals surface area contributed by atoms with Gasteiger partial charge in [0.15, 0.2) is 11.5 Å². The summed E-state index contributed by atoms with van der Waals surface area (Å²) in [5.74, 6) is 2.02. The minimum absolute atomic E-state index is 0.0601. The second-order valence-electron chi connectivity index (χ2n) is 13.2. The van der Waals surface area contributed by atoms with Gasteiger partial charge in [-0.3, -0.25) is 4.79 Å². The van der Waals surface area contributed by atoms with Crippen molar-refractivity contribution in [3.63, 3.8) is 0 Å². The Balaban J connectivity index is 0.999. The van der Waals surface area contributed by atoms with Gasteiger partial charge in [-0.15, -0.1) is 0 Å². The number of aliphatic hydroxyl groups excluding tert-OH is 1. The summed E-state index contributed by atoms with van der Waals surface area (Å²) >= 11 is 0. The largest absolute Gasteiger partial charge is 0.493 e. The molecule has 11 heteroatoms. The number of aromatic nitrogens is 2. The molecular formula is C42H50N6O5. The maximum atomic E-state index is 12.8. The van der Waals surface area contributed by atoms with Crippen LogP contribution in [0.2, 0.25) is 0 Å². The molecule has 0 aliphatic rings. The molecule has 3 amide bonds. The Morgan fingerprint density at radius 2 is 1.36 bits per heavy atom. The molecule has 0 fully saturated rings. The van der Waals surface area contributed by atoms with E-state index in [2.05, 4.69) is 62.0 Å². The van der Waals surface area contributed by atoms with E-state index in [0.717, 1.165) is 57.0 Å². The van der Waals surface area contributed by atoms with Crippen LogP contribution >= 0.6 is 0 Å². The zero-order valence-corrected chi connectivity index (χ0v) is 31.1. The van der Waals surface area contributed by atoms with Gasteiger partial charge in [0, 0.05) is 55.4 Å². The van der Waals surface area contributed by atoms with Gasteiger partial charge in [-0.1, -0.05) is 60.7 Å². The molecule has 3 aromatic carbocycles. The summed E-state index contributed by atoms with van der Waals surface area (Å²) in [5.41, 5.74) is 7.86. The number of urea groups is 1. The molecule has 0 spiro atoms. The number of aliphatic hydroxyl groups is 1. The number of methoxy groups -OCH3 is 2. The van der Waals surface area contributed by atoms with E-state index in [4.69, 9.17) is 9.47 Å². The third-order valence-electron chi connectivity index (χ3n) is 9.08. The first-order chi connectivity index (χ1) is 25.6. The van der Waals surface area contributed by atoms with Crippen LogP contribution in [0.25, 0.3) is 5.82 Å². The molecular weight excluding hydrogens is 668 g/mol. The predicted octanol–water partition coefficient (Wildman–Crippen LogP) is 5.62. The van der Waals surface area contributed by atoms with Crippen molar-refractivity contribution in [1.82, 2.24) is 30.8 Å². The molecule has 0 saturated heterocycles. The molecule has 11 nitrogen and oxygen atoms in total. The summed E-state index contributed by atoms with van der Waals surface area (Å²) in [6.07, 6.45) is 2.09. The fourth-order valence-corrected chi connectivity index (χ4v) is 6.12. The van der Waals surface area contributed by atoms with Crippen molar-refractivity contribution in [2.45, 2.75) is 65.4 Å². The van der Waals surface area contributed by atoms with Crippen LogP contribution in [0.5, 0.6) is 11.5 Å². The van der Waals surface area contributed by atoms with Crippen molar-refractivity contribution >= 4 is 11.9 Å². The Bertz CT molecular complexity index is 1940. The highest BCUT2D eigenvalue weighted by atomic mass is 16.5. The highest BCUT2D eigenvalue weighted by molar-refractivity contribution is 5.78. The van der Waals surface area contributed by atoms with Gasteiger partial charge < -0.3 is 40.4 Å². The van der Waals surface area contributed by atoms with Gasteiger partial charge in [0.1, 0.15) is 5.82 Å². The molecule has 5 N–H and O–H groups in total. The lowest BCUT2D eigenvalue weighted by molar-refractivity contribution is -0.120. The van der Waals surface area contributed by atoms with E-state index in [0.29, 0.717) is 37.7 Å². The number of benzene rings is 3. The van der Waals surface area contributed by atoms with E-state index < -0.39 is 6.10 Å². The van der Waals surface area contributed by atoms with Crippen LogP contribution in [0.15, 0.2) is 97.2 Å². The van der Waals surface area contributed by atoms with E-state index in [9.17, 15) is 14.7 Å². The van der Waals surface area contributed by atoms with E-state index in [1.807, 2.05) is 74.5 Å². The Labute approximate surface area is 311 Å². The van der Waals surface area contributed by atoms with Crippen molar-refractivity contribution in [1.29, 1.82) is 0 Å². The first-order valence-corrected chi connectivity index (χ1v) is 17.8. The number of pyridine rings is 1. The lowest BCUT2D eigenvalue weighted by Crippen LogP contribution is -2.34. The fourth-order valence-electron chi connectivity index (χ4n) is 6.12. The summed E-state index contributed by atoms with van der Waals surface area (Å²) in [6, 6.07) is 29.2. The van der Waals surface area contributed by atoms with Gasteiger partial charge in [0.25, 0.3) is 0 Å². The lowest BCUT2D eigenvalue weighted by atomic mass is 10.0. The highest BCUT2D eigenvalue weighted by Crippen LogP contribution is 2.27. The number of rotatable bonds is 17. The maximum absolute atomic E-state index is 12.8. The van der Waals surface area contributed by atoms with Gasteiger partial charge >= 0.3 is 6.03 Å². The zero-order valence-electron chi connectivity index (χ0n) is 31.1. The van der Waals surface area contributed by atoms with Crippen LogP contribution in [0.1, 0.15) is 57.8 Å². The van der Waals surface area contributed by atoms with E-state index in [-0.39, 0.29) is 24.4 Å². The van der Waals surface area contributed by atoms with Gasteiger partial charge in [-0.05, 0) is 85.3 Å². The molecule has 0 unspecified atom stereocenters. The van der Waals surface area contributed by atoms with Crippen molar-refractivity contribution < 1.29 is 24.2 Å². The number of carbonyl (C=O) groups is 2. The number of carbonyl (C=O) groups excluding carboxylic acids is 2. The fraction of sp³-hybridized carbons (Fsp3) is 0.310. The van der Waals surface area contributed by atoms with Crippen LogP contribution in [-0.2, 0) is 37.3 Å². The van der Waals surface area contributed by atoms with Crippen molar-refractivity contribution in [2.24, 2.45) is 0 Å². The van der Waals surface area contributed by atoms with E-state index in [1.54, 1.807) is 26.5 Å². The number of hydrogen-bond acceptors (Lipinski definition) is 7. The summed E-state index contributed by atoms with van der Waals surface area (Å²) in [6.45, 7) is 7.71. The summed E-state index contributed by atoms with van der Waals surface area (Å²) in [7, 11) is 3.15. The monoisotopic (exact) mass is 718 g/mol. The molecule has 5 rings (SSSR count). The molecule has 53 heavy (non-hydrogen) atoms. The van der Waals surface area contributed by atoms with Crippen molar-refractivity contribution in [3.05, 3.63) is 142 Å². The second kappa shape index (κ2) is 18.7. The van der Waals surface area contributed by atoms with Crippen LogP contribution < -0.4 is 30.7 Å². The van der Waals surface area contributed by atoms with Crippen LogP contribution in [0.3, 0.4) is 0 Å². The molecule has 278 valence electrons. The Morgan fingerprint density at radius 3 is 2.00 bits per heavy atom. The summed E-state index contributed by atoms with van der Waals surface area (Å²) in [5, 5.41) is 23.0. The number of aryl methyl sites for hydroxylation is 2. The molecule has 0 aliphatic carbocycles. The highest BCUT2D eigenvalue weighted by Gasteiger charge is 2.13. The molecule has 0 radical (unpaired) electrons. The molecule has 2 atom stereocenters. The first-order valence-electron chi connectivity index (χ1n) is 17.8. The van der Waals surface area contributed by atoms with Crippen molar-refractivity contribution in [3.8, 4) is 17.3 Å². The molecule has 0 saturated carbocycles. The minimum Gasteiger partial charge on any atom is -0.493 e. The van der Waals surface area contributed by atoms with Gasteiger partial charge in [0.2, 0.25) is 5.91 Å². The standard InChI is InChI=1S/C42H50N6O5/c1-28(43-27-37(49)36-16-18-40(44-26-36)48-29(2)9-10-30(48)3)19-33-7-6-8-34(20-33)22-41(50)45-23-31-11-13-32(14-12-31)24-46-42(51)47-25-35-15-17-38(52-4)39(21-35)53-5/h6-18,20-21,26,28,37,43,49H,19,22-25,27H2,1-5H3,(H,45,50)(H2,46,47,51)/t28-,37+/m1/s1. The number of hydrogen-bond donors (Lipinski definition) is 5. The van der Waals surface area contributed by atoms with Gasteiger partial charge in [-0.25, -0.2) is 9.78 Å². The van der Waals surface area contributed by atoms with Gasteiger partial charge in [0.05, 0.1) is 26.7 Å². The van der Waals surface area contributed by atoms with Crippen LogP contribution in [0, 0.1) is 13.8 Å². The Morgan fingerprint density at radius 1 is 0.736 bits per heavy atom. The van der Waals surface area contributed by atoms with E-state index in [1.165, 1.54) is 0 Å². The smallest absolute Gasteiger partial charge is 0.315 e. The van der Waals surface area contributed by atoms with Crippen LogP contribution in [0.4, 0.5) is 4.79 Å². The van der Waals surface area contributed by atoms with Crippen molar-refractivity contribution in [2.75, 3.05) is 20.8 Å². The second-order valence-corrected chi connectivity index (χ2v) is 13.2. The predicted molar refractivity (Wildman–Crippen MR) is 206 cm³/mol. The molecule has 0 aliphatic heterocycles. The molecule has 5 aromatic rings. The molecule has 2 heterocycles. The average molecular weight is 719 g/mol. The third-order valence-corrected chi connectivity index (χ3v) is 9.08.